The SMILES string of the molecule is CCOC(=O)C1=C(C)NC2=C(C1)S(=O)(=O)CCN(C)C2c1cccc(Cl)c1Cl. The Hall–Kier alpha value is -1.54. The second-order valence-electron chi connectivity index (χ2n) is 6.81. The molecule has 1 N–H and O–H groups in total. The Morgan fingerprint density at radius 3 is 2.75 bits per heavy atom. The van der Waals surface area contributed by atoms with Crippen LogP contribution in [0, 0.1) is 0 Å². The molecule has 0 bridgehead atoms. The van der Waals surface area contributed by atoms with Gasteiger partial charge in [0.2, 0.25) is 0 Å². The van der Waals surface area contributed by atoms with Gasteiger partial charge in [0.15, 0.2) is 9.84 Å². The molecule has 1 atom stereocenters. The van der Waals surface area contributed by atoms with Gasteiger partial charge in [-0.2, -0.15) is 0 Å². The molecule has 0 saturated carbocycles. The first-order chi connectivity index (χ1) is 13.2. The summed E-state index contributed by atoms with van der Waals surface area (Å²) in [6.45, 7) is 3.99. The first-order valence-corrected chi connectivity index (χ1v) is 11.3. The number of dihydropyridines is 1. The van der Waals surface area contributed by atoms with Crippen molar-refractivity contribution in [3.05, 3.63) is 55.7 Å². The van der Waals surface area contributed by atoms with Gasteiger partial charge in [0.05, 0.1) is 44.6 Å². The molecule has 0 fully saturated rings. The van der Waals surface area contributed by atoms with E-state index in [0.29, 0.717) is 39.1 Å². The molecule has 0 aliphatic carbocycles. The maximum absolute atomic E-state index is 13.0. The number of likely N-dealkylation sites (N-methyl/N-ethyl adjacent to an activating group) is 1. The van der Waals surface area contributed by atoms with Crippen LogP contribution in [0.3, 0.4) is 0 Å². The number of halogens is 2. The predicted octanol–water partition coefficient (Wildman–Crippen LogP) is 3.44. The minimum absolute atomic E-state index is 0.00212. The minimum atomic E-state index is -3.56. The minimum Gasteiger partial charge on any atom is -0.463 e. The van der Waals surface area contributed by atoms with E-state index in [9.17, 15) is 13.2 Å². The summed E-state index contributed by atoms with van der Waals surface area (Å²) in [7, 11) is -1.72. The summed E-state index contributed by atoms with van der Waals surface area (Å²) in [4.78, 5) is 14.4. The number of sulfone groups is 1. The van der Waals surface area contributed by atoms with Gasteiger partial charge in [-0.05, 0) is 32.5 Å². The number of allylic oxidation sites excluding steroid dienone is 2. The van der Waals surface area contributed by atoms with Crippen LogP contribution in [-0.4, -0.2) is 45.2 Å². The fraction of sp³-hybridized carbons (Fsp3) is 0.421. The molecule has 2 aliphatic heterocycles. The second kappa shape index (κ2) is 8.06. The van der Waals surface area contributed by atoms with Crippen molar-refractivity contribution in [1.29, 1.82) is 0 Å². The van der Waals surface area contributed by atoms with E-state index in [1.807, 2.05) is 18.0 Å². The van der Waals surface area contributed by atoms with E-state index in [0.717, 1.165) is 0 Å². The van der Waals surface area contributed by atoms with Gasteiger partial charge in [-0.3, -0.25) is 4.90 Å². The lowest BCUT2D eigenvalue weighted by Gasteiger charge is -2.33. The molecule has 9 heteroatoms. The Bertz CT molecular complexity index is 986. The summed E-state index contributed by atoms with van der Waals surface area (Å²) in [6, 6.07) is 4.87. The van der Waals surface area contributed by atoms with Crippen molar-refractivity contribution in [1.82, 2.24) is 10.2 Å². The largest absolute Gasteiger partial charge is 0.463 e. The van der Waals surface area contributed by atoms with Crippen LogP contribution in [0.5, 0.6) is 0 Å². The molecule has 1 aromatic carbocycles. The van der Waals surface area contributed by atoms with Crippen LogP contribution in [0.4, 0.5) is 0 Å². The summed E-state index contributed by atoms with van der Waals surface area (Å²) in [6.07, 6.45) is -0.00212. The lowest BCUT2D eigenvalue weighted by molar-refractivity contribution is -0.138. The van der Waals surface area contributed by atoms with Gasteiger partial charge < -0.3 is 10.1 Å². The zero-order valence-corrected chi connectivity index (χ0v) is 18.2. The monoisotopic (exact) mass is 444 g/mol. The fourth-order valence-electron chi connectivity index (χ4n) is 3.54. The molecule has 6 nitrogen and oxygen atoms in total. The van der Waals surface area contributed by atoms with Crippen LogP contribution >= 0.6 is 23.2 Å². The normalized spacial score (nSPS) is 22.4. The molecule has 3 rings (SSSR count). The first kappa shape index (κ1) is 21.2. The molecule has 2 heterocycles. The van der Waals surface area contributed by atoms with E-state index in [1.165, 1.54) is 0 Å². The molecule has 1 aromatic rings. The number of hydrogen-bond acceptors (Lipinski definition) is 6. The highest BCUT2D eigenvalue weighted by Crippen LogP contribution is 2.42. The van der Waals surface area contributed by atoms with Crippen LogP contribution < -0.4 is 5.32 Å². The standard InChI is InChI=1S/C19H22Cl2N2O4S/c1-4-27-19(24)13-10-15-17(22-11(13)2)18(23(3)8-9-28(15,25)26)12-6-5-7-14(20)16(12)21/h5-7,18,22H,4,8-10H2,1-3H3. The molecule has 28 heavy (non-hydrogen) atoms. The average Bonchev–Trinajstić information content (AvgIpc) is 2.72. The van der Waals surface area contributed by atoms with Crippen molar-refractivity contribution < 1.29 is 17.9 Å². The average molecular weight is 445 g/mol. The number of carbonyl (C=O) groups is 1. The molecule has 0 amide bonds. The van der Waals surface area contributed by atoms with Gasteiger partial charge in [0, 0.05) is 18.7 Å². The second-order valence-corrected chi connectivity index (χ2v) is 9.72. The smallest absolute Gasteiger partial charge is 0.336 e. The predicted molar refractivity (Wildman–Crippen MR) is 110 cm³/mol. The van der Waals surface area contributed by atoms with Crippen LogP contribution in [0.2, 0.25) is 10.0 Å². The molecule has 0 aromatic heterocycles. The lowest BCUT2D eigenvalue weighted by atomic mass is 9.96. The highest BCUT2D eigenvalue weighted by atomic mass is 35.5. The highest BCUT2D eigenvalue weighted by molar-refractivity contribution is 7.95. The number of nitrogens with one attached hydrogen (secondary N) is 1. The number of nitrogens with zero attached hydrogens (tertiary/aromatic N) is 1. The Kier molecular flexibility index (Phi) is 6.10. The molecule has 0 spiro atoms. The van der Waals surface area contributed by atoms with Gasteiger partial charge >= 0.3 is 5.97 Å². The molecular formula is C19H22Cl2N2O4S. The molecule has 0 radical (unpaired) electrons. The van der Waals surface area contributed by atoms with Crippen LogP contribution in [0.25, 0.3) is 0 Å². The third-order valence-electron chi connectivity index (χ3n) is 5.01. The zero-order valence-electron chi connectivity index (χ0n) is 15.9. The third-order valence-corrected chi connectivity index (χ3v) is 7.68. The van der Waals surface area contributed by atoms with Crippen LogP contribution in [-0.2, 0) is 19.4 Å². The molecular weight excluding hydrogens is 423 g/mol. The molecule has 2 aliphatic rings. The lowest BCUT2D eigenvalue weighted by Crippen LogP contribution is -2.34. The van der Waals surface area contributed by atoms with E-state index < -0.39 is 21.8 Å². The molecule has 1 unspecified atom stereocenters. The van der Waals surface area contributed by atoms with Gasteiger partial charge in [0.1, 0.15) is 0 Å². The number of benzene rings is 1. The van der Waals surface area contributed by atoms with Crippen molar-refractivity contribution in [3.63, 3.8) is 0 Å². The topological polar surface area (TPSA) is 75.7 Å². The van der Waals surface area contributed by atoms with Gasteiger partial charge in [-0.25, -0.2) is 13.2 Å². The van der Waals surface area contributed by atoms with Crippen LogP contribution in [0.1, 0.15) is 31.9 Å². The number of ether oxygens (including phenoxy) is 1. The van der Waals surface area contributed by atoms with Gasteiger partial charge in [0.25, 0.3) is 0 Å². The zero-order chi connectivity index (χ0) is 20.6. The highest BCUT2D eigenvalue weighted by Gasteiger charge is 2.39. The van der Waals surface area contributed by atoms with E-state index in [2.05, 4.69) is 5.32 Å². The maximum Gasteiger partial charge on any atom is 0.336 e. The van der Waals surface area contributed by atoms with Crippen molar-refractivity contribution in [2.24, 2.45) is 0 Å². The van der Waals surface area contributed by atoms with E-state index in [4.69, 9.17) is 27.9 Å². The Morgan fingerprint density at radius 2 is 2.07 bits per heavy atom. The summed E-state index contributed by atoms with van der Waals surface area (Å²) in [5, 5.41) is 3.95. The first-order valence-electron chi connectivity index (χ1n) is 8.91. The fourth-order valence-corrected chi connectivity index (χ4v) is 5.59. The van der Waals surface area contributed by atoms with E-state index in [1.54, 1.807) is 26.0 Å². The third kappa shape index (κ3) is 3.81. The quantitative estimate of drug-likeness (QED) is 0.719. The van der Waals surface area contributed by atoms with Gasteiger partial charge in [-0.1, -0.05) is 35.3 Å². The van der Waals surface area contributed by atoms with Gasteiger partial charge in [-0.15, -0.1) is 0 Å². The van der Waals surface area contributed by atoms with Crippen molar-refractivity contribution >= 4 is 39.0 Å². The van der Waals surface area contributed by atoms with Crippen LogP contribution in [0.15, 0.2) is 40.1 Å². The van der Waals surface area contributed by atoms with Crippen molar-refractivity contribution in [2.45, 2.75) is 26.3 Å². The Labute approximate surface area is 175 Å². The summed E-state index contributed by atoms with van der Waals surface area (Å²) >= 11 is 12.7. The number of hydrogen-bond donors (Lipinski definition) is 1. The number of esters is 1. The summed E-state index contributed by atoms with van der Waals surface area (Å²) < 4.78 is 31.1. The molecule has 0 saturated heterocycles. The maximum atomic E-state index is 13.0. The van der Waals surface area contributed by atoms with E-state index in [-0.39, 0.29) is 23.7 Å². The summed E-state index contributed by atoms with van der Waals surface area (Å²) in [5.41, 5.74) is 2.12. The number of carbonyl (C=O) groups excluding carboxylic acids is 1. The summed E-state index contributed by atoms with van der Waals surface area (Å²) in [5.74, 6) is -0.558. The van der Waals surface area contributed by atoms with E-state index >= 15 is 0 Å². The van der Waals surface area contributed by atoms with Crippen molar-refractivity contribution in [3.8, 4) is 0 Å². The Balaban J connectivity index is 2.16. The molecule has 152 valence electrons. The van der Waals surface area contributed by atoms with Crippen molar-refractivity contribution in [2.75, 3.05) is 26.0 Å². The number of rotatable bonds is 3. The Morgan fingerprint density at radius 1 is 1.36 bits per heavy atom.